The van der Waals surface area contributed by atoms with Crippen molar-refractivity contribution in [1.29, 1.82) is 0 Å². The molecule has 0 aliphatic rings. The van der Waals surface area contributed by atoms with Gasteiger partial charge in [-0.1, -0.05) is 24.3 Å². The van der Waals surface area contributed by atoms with E-state index in [9.17, 15) is 8.42 Å². The Balaban J connectivity index is 1.82. The van der Waals surface area contributed by atoms with Crippen molar-refractivity contribution < 1.29 is 8.42 Å². The Labute approximate surface area is 147 Å². The van der Waals surface area contributed by atoms with E-state index in [-0.39, 0.29) is 10.7 Å². The predicted molar refractivity (Wildman–Crippen MR) is 96.0 cm³/mol. The number of nitrogens with one attached hydrogen (secondary N) is 1. The Morgan fingerprint density at radius 3 is 2.44 bits per heavy atom. The van der Waals surface area contributed by atoms with E-state index in [1.165, 1.54) is 5.56 Å². The van der Waals surface area contributed by atoms with Crippen molar-refractivity contribution in [3.05, 3.63) is 59.0 Å². The molecule has 3 rings (SSSR count). The van der Waals surface area contributed by atoms with Crippen LogP contribution in [0.15, 0.2) is 41.4 Å². The summed E-state index contributed by atoms with van der Waals surface area (Å²) >= 11 is 0. The maximum atomic E-state index is 12.7. The highest BCUT2D eigenvalue weighted by atomic mass is 32.2. The largest absolute Gasteiger partial charge is 0.271 e. The Bertz CT molecular complexity index is 1020. The zero-order chi connectivity index (χ0) is 18.2. The third-order valence-electron chi connectivity index (χ3n) is 4.18. The van der Waals surface area contributed by atoms with Crippen LogP contribution in [0, 0.1) is 20.8 Å². The third kappa shape index (κ3) is 3.43. The summed E-state index contributed by atoms with van der Waals surface area (Å²) < 4.78 is 31.1. The van der Waals surface area contributed by atoms with Gasteiger partial charge in [0.25, 0.3) is 10.0 Å². The van der Waals surface area contributed by atoms with Crippen LogP contribution < -0.4 is 4.72 Å². The van der Waals surface area contributed by atoms with Crippen LogP contribution >= 0.6 is 0 Å². The molecule has 3 aromatic rings. The van der Waals surface area contributed by atoms with Crippen molar-refractivity contribution in [2.45, 2.75) is 32.2 Å². The molecule has 0 saturated heterocycles. The zero-order valence-electron chi connectivity index (χ0n) is 14.7. The zero-order valence-corrected chi connectivity index (χ0v) is 15.5. The standard InChI is InChI=1S/C17H21N5O2S/c1-12-7-5-6-8-15(12)11-22-10-9-16(19-22)20-25(23,24)17-13(2)18-21(4)14(17)3/h5-10H,11H2,1-4H3,(H,19,20). The topological polar surface area (TPSA) is 81.8 Å². The van der Waals surface area contributed by atoms with Crippen LogP contribution in [0.5, 0.6) is 0 Å². The molecular formula is C17H21N5O2S. The molecule has 0 saturated carbocycles. The van der Waals surface area contributed by atoms with Gasteiger partial charge in [-0.25, -0.2) is 8.42 Å². The van der Waals surface area contributed by atoms with E-state index < -0.39 is 10.0 Å². The van der Waals surface area contributed by atoms with Crippen molar-refractivity contribution in [2.75, 3.05) is 4.72 Å². The van der Waals surface area contributed by atoms with Gasteiger partial charge in [0.1, 0.15) is 4.90 Å². The van der Waals surface area contributed by atoms with Gasteiger partial charge in [0.05, 0.1) is 17.9 Å². The van der Waals surface area contributed by atoms with Gasteiger partial charge in [-0.2, -0.15) is 10.2 Å². The number of aromatic nitrogens is 4. The van der Waals surface area contributed by atoms with Crippen LogP contribution in [0.25, 0.3) is 0 Å². The number of anilines is 1. The van der Waals surface area contributed by atoms with Crippen LogP contribution in [0.4, 0.5) is 5.82 Å². The van der Waals surface area contributed by atoms with Crippen molar-refractivity contribution >= 4 is 15.8 Å². The highest BCUT2D eigenvalue weighted by Gasteiger charge is 2.24. The van der Waals surface area contributed by atoms with E-state index in [4.69, 9.17) is 0 Å². The molecule has 8 heteroatoms. The minimum absolute atomic E-state index is 0.198. The molecule has 0 bridgehead atoms. The summed E-state index contributed by atoms with van der Waals surface area (Å²) in [4.78, 5) is 0.198. The molecule has 2 heterocycles. The number of rotatable bonds is 5. The normalized spacial score (nSPS) is 11.7. The number of sulfonamides is 1. The highest BCUT2D eigenvalue weighted by Crippen LogP contribution is 2.21. The molecule has 1 aromatic carbocycles. The van der Waals surface area contributed by atoms with Crippen LogP contribution in [0.1, 0.15) is 22.5 Å². The molecule has 132 valence electrons. The van der Waals surface area contributed by atoms with E-state index in [0.717, 1.165) is 5.56 Å². The summed E-state index contributed by atoms with van der Waals surface area (Å²) in [7, 11) is -2.01. The fraction of sp³-hybridized carbons (Fsp3) is 0.294. The second kappa shape index (κ2) is 6.36. The van der Waals surface area contributed by atoms with Crippen molar-refractivity contribution in [3.8, 4) is 0 Å². The van der Waals surface area contributed by atoms with Crippen molar-refractivity contribution in [1.82, 2.24) is 19.6 Å². The maximum absolute atomic E-state index is 12.7. The van der Waals surface area contributed by atoms with E-state index >= 15 is 0 Å². The first-order chi connectivity index (χ1) is 11.8. The lowest BCUT2D eigenvalue weighted by Gasteiger charge is -2.07. The first-order valence-corrected chi connectivity index (χ1v) is 9.37. The van der Waals surface area contributed by atoms with Gasteiger partial charge >= 0.3 is 0 Å². The SMILES string of the molecule is Cc1ccccc1Cn1ccc(NS(=O)(=O)c2c(C)nn(C)c2C)n1. The van der Waals surface area contributed by atoms with Gasteiger partial charge in [-0.15, -0.1) is 0 Å². The highest BCUT2D eigenvalue weighted by molar-refractivity contribution is 7.92. The fourth-order valence-corrected chi connectivity index (χ4v) is 4.23. The summed E-state index contributed by atoms with van der Waals surface area (Å²) in [6, 6.07) is 9.68. The molecular weight excluding hydrogens is 338 g/mol. The average molecular weight is 359 g/mol. The summed E-state index contributed by atoms with van der Waals surface area (Å²) in [5.74, 6) is 0.288. The van der Waals surface area contributed by atoms with Crippen LogP contribution in [-0.4, -0.2) is 28.0 Å². The summed E-state index contributed by atoms with van der Waals surface area (Å²) in [5.41, 5.74) is 3.36. The van der Waals surface area contributed by atoms with E-state index in [0.29, 0.717) is 17.9 Å². The Hall–Kier alpha value is -2.61. The molecule has 25 heavy (non-hydrogen) atoms. The molecule has 0 unspecified atom stereocenters. The first-order valence-electron chi connectivity index (χ1n) is 7.89. The quantitative estimate of drug-likeness (QED) is 0.758. The average Bonchev–Trinajstić information content (AvgIpc) is 3.05. The number of aryl methyl sites for hydroxylation is 3. The molecule has 2 aromatic heterocycles. The maximum Gasteiger partial charge on any atom is 0.266 e. The molecule has 0 spiro atoms. The number of nitrogens with zero attached hydrogens (tertiary/aromatic N) is 4. The third-order valence-corrected chi connectivity index (χ3v) is 5.79. The van der Waals surface area contributed by atoms with E-state index in [2.05, 4.69) is 14.9 Å². The van der Waals surface area contributed by atoms with Gasteiger partial charge in [-0.3, -0.25) is 14.1 Å². The lowest BCUT2D eigenvalue weighted by Crippen LogP contribution is -2.15. The smallest absolute Gasteiger partial charge is 0.266 e. The lowest BCUT2D eigenvalue weighted by atomic mass is 10.1. The second-order valence-electron chi connectivity index (χ2n) is 6.05. The molecule has 0 aliphatic heterocycles. The second-order valence-corrected chi connectivity index (χ2v) is 7.67. The van der Waals surface area contributed by atoms with Crippen molar-refractivity contribution in [2.24, 2.45) is 7.05 Å². The Morgan fingerprint density at radius 2 is 1.80 bits per heavy atom. The van der Waals surface area contributed by atoms with Gasteiger partial charge in [0, 0.05) is 19.3 Å². The molecule has 0 amide bonds. The lowest BCUT2D eigenvalue weighted by molar-refractivity contribution is 0.599. The van der Waals surface area contributed by atoms with E-state index in [1.54, 1.807) is 42.5 Å². The summed E-state index contributed by atoms with van der Waals surface area (Å²) in [6.45, 7) is 6.03. The number of hydrogen-bond acceptors (Lipinski definition) is 4. The van der Waals surface area contributed by atoms with Gasteiger partial charge < -0.3 is 0 Å². The minimum atomic E-state index is -3.73. The van der Waals surface area contributed by atoms with Gasteiger partial charge in [-0.05, 0) is 31.9 Å². The number of hydrogen-bond donors (Lipinski definition) is 1. The monoisotopic (exact) mass is 359 g/mol. The van der Waals surface area contributed by atoms with Crippen LogP contribution in [0.2, 0.25) is 0 Å². The Kier molecular flexibility index (Phi) is 4.38. The first kappa shape index (κ1) is 17.2. The fourth-order valence-electron chi connectivity index (χ4n) is 2.80. The summed E-state index contributed by atoms with van der Waals surface area (Å²) in [6.07, 6.45) is 1.76. The summed E-state index contributed by atoms with van der Waals surface area (Å²) in [5, 5.41) is 8.48. The van der Waals surface area contributed by atoms with Gasteiger partial charge in [0.15, 0.2) is 5.82 Å². The minimum Gasteiger partial charge on any atom is -0.271 e. The molecule has 1 N–H and O–H groups in total. The molecule has 7 nitrogen and oxygen atoms in total. The predicted octanol–water partition coefficient (Wildman–Crippen LogP) is 2.39. The molecule has 0 fully saturated rings. The molecule has 0 aliphatic carbocycles. The van der Waals surface area contributed by atoms with Gasteiger partial charge in [0.2, 0.25) is 0 Å². The van der Waals surface area contributed by atoms with Crippen molar-refractivity contribution in [3.63, 3.8) is 0 Å². The molecule has 0 atom stereocenters. The Morgan fingerprint density at radius 1 is 1.08 bits per heavy atom. The molecule has 0 radical (unpaired) electrons. The van der Waals surface area contributed by atoms with Crippen LogP contribution in [0.3, 0.4) is 0 Å². The number of benzene rings is 1. The van der Waals surface area contributed by atoms with E-state index in [1.807, 2.05) is 31.2 Å². The van der Waals surface area contributed by atoms with Crippen LogP contribution in [-0.2, 0) is 23.6 Å².